The van der Waals surface area contributed by atoms with E-state index in [9.17, 15) is 14.7 Å². The van der Waals surface area contributed by atoms with Gasteiger partial charge in [-0.1, -0.05) is 11.6 Å². The summed E-state index contributed by atoms with van der Waals surface area (Å²) in [7, 11) is 1.59. The van der Waals surface area contributed by atoms with Crippen molar-refractivity contribution in [3.63, 3.8) is 0 Å². The number of carbonyl (C=O) groups excluding carboxylic acids is 2. The molecular formula is C25H37ClN2O5. The molecule has 0 aliphatic carbocycles. The molecule has 2 heterocycles. The van der Waals surface area contributed by atoms with E-state index < -0.39 is 5.41 Å². The third kappa shape index (κ3) is 6.84. The van der Waals surface area contributed by atoms with Crippen LogP contribution in [0, 0.1) is 19.3 Å². The molecule has 2 fully saturated rings. The highest BCUT2D eigenvalue weighted by Crippen LogP contribution is 2.36. The third-order valence-corrected chi connectivity index (χ3v) is 7.43. The largest absolute Gasteiger partial charge is 0.493 e. The summed E-state index contributed by atoms with van der Waals surface area (Å²) < 4.78 is 11.3. The molecule has 0 unspecified atom stereocenters. The van der Waals surface area contributed by atoms with E-state index in [-0.39, 0.29) is 17.9 Å². The van der Waals surface area contributed by atoms with Crippen LogP contribution in [0.5, 0.6) is 5.75 Å². The van der Waals surface area contributed by atoms with Crippen molar-refractivity contribution >= 4 is 23.4 Å². The van der Waals surface area contributed by atoms with E-state index >= 15 is 0 Å². The summed E-state index contributed by atoms with van der Waals surface area (Å²) in [6, 6.07) is 3.84. The van der Waals surface area contributed by atoms with Crippen LogP contribution in [0.15, 0.2) is 12.1 Å². The fourth-order valence-electron chi connectivity index (χ4n) is 4.86. The quantitative estimate of drug-likeness (QED) is 0.617. The molecule has 0 bridgehead atoms. The molecule has 2 amide bonds. The number of ether oxygens (including phenoxy) is 2. The molecule has 8 heteroatoms. The van der Waals surface area contributed by atoms with Crippen LogP contribution in [0.1, 0.15) is 49.7 Å². The first-order chi connectivity index (χ1) is 15.7. The van der Waals surface area contributed by atoms with Crippen LogP contribution < -0.4 is 4.74 Å². The van der Waals surface area contributed by atoms with Gasteiger partial charge >= 0.3 is 0 Å². The average Bonchev–Trinajstić information content (AvgIpc) is 2.80. The molecule has 0 radical (unpaired) electrons. The molecule has 7 nitrogen and oxygen atoms in total. The molecule has 0 saturated carbocycles. The lowest BCUT2D eigenvalue weighted by Gasteiger charge is -2.43. The lowest BCUT2D eigenvalue weighted by atomic mass is 9.77. The molecule has 1 aromatic rings. The van der Waals surface area contributed by atoms with Crippen molar-refractivity contribution in [1.29, 1.82) is 0 Å². The van der Waals surface area contributed by atoms with Gasteiger partial charge in [0.25, 0.3) is 0 Å². The van der Waals surface area contributed by atoms with E-state index in [2.05, 4.69) is 0 Å². The Labute approximate surface area is 202 Å². The number of carbonyl (C=O) groups is 2. The normalized spacial score (nSPS) is 21.8. The summed E-state index contributed by atoms with van der Waals surface area (Å²) in [6.07, 6.45) is 3.19. The molecule has 0 aromatic heterocycles. The molecule has 33 heavy (non-hydrogen) atoms. The van der Waals surface area contributed by atoms with Crippen molar-refractivity contribution in [2.75, 3.05) is 46.5 Å². The molecule has 3 rings (SSSR count). The van der Waals surface area contributed by atoms with Gasteiger partial charge < -0.3 is 24.4 Å². The molecule has 2 aliphatic rings. The number of hydrogen-bond acceptors (Lipinski definition) is 5. The van der Waals surface area contributed by atoms with Gasteiger partial charge in [0.15, 0.2) is 0 Å². The maximum Gasteiger partial charge on any atom is 0.224 e. The van der Waals surface area contributed by atoms with Crippen molar-refractivity contribution in [3.8, 4) is 5.75 Å². The fraction of sp³-hybridized carbons (Fsp3) is 0.680. The zero-order valence-corrected chi connectivity index (χ0v) is 20.8. The van der Waals surface area contributed by atoms with E-state index in [4.69, 9.17) is 21.1 Å². The van der Waals surface area contributed by atoms with Gasteiger partial charge in [0.1, 0.15) is 5.75 Å². The third-order valence-electron chi connectivity index (χ3n) is 6.83. The van der Waals surface area contributed by atoms with Crippen LogP contribution >= 0.6 is 11.6 Å². The number of likely N-dealkylation sites (tertiary alicyclic amines) is 2. The van der Waals surface area contributed by atoms with Crippen LogP contribution in [0.4, 0.5) is 0 Å². The monoisotopic (exact) mass is 480 g/mol. The highest BCUT2D eigenvalue weighted by molar-refractivity contribution is 6.32. The Hall–Kier alpha value is -1.83. The summed E-state index contributed by atoms with van der Waals surface area (Å²) in [4.78, 5) is 29.7. The first kappa shape index (κ1) is 25.8. The predicted molar refractivity (Wildman–Crippen MR) is 128 cm³/mol. The van der Waals surface area contributed by atoms with Gasteiger partial charge in [-0.15, -0.1) is 0 Å². The maximum atomic E-state index is 13.2. The number of methoxy groups -OCH3 is 1. The smallest absolute Gasteiger partial charge is 0.224 e. The number of rotatable bonds is 8. The standard InChI is InChI=1S/C25H37ClN2O5/c1-18-13-21(14-19(2)24(18)26)33-17-25(15-23(31)27-10-5-20(29)6-11-27)8-4-9-28(16-25)22(30)7-12-32-3/h13-14,20,29H,4-12,15-17H2,1-3H3/t25-/m0/s1. The number of hydrogen-bond donors (Lipinski definition) is 1. The van der Waals surface area contributed by atoms with E-state index in [1.54, 1.807) is 7.11 Å². The summed E-state index contributed by atoms with van der Waals surface area (Å²) >= 11 is 6.31. The van der Waals surface area contributed by atoms with E-state index in [1.165, 1.54) is 0 Å². The van der Waals surface area contributed by atoms with Crippen molar-refractivity contribution in [3.05, 3.63) is 28.3 Å². The second-order valence-corrected chi connectivity index (χ2v) is 9.99. The number of piperidine rings is 2. The number of nitrogens with zero attached hydrogens (tertiary/aromatic N) is 2. The minimum absolute atomic E-state index is 0.0488. The van der Waals surface area contributed by atoms with Gasteiger partial charge in [0.05, 0.1) is 25.7 Å². The Kier molecular flexibility index (Phi) is 9.02. The minimum Gasteiger partial charge on any atom is -0.493 e. The number of aliphatic hydroxyl groups is 1. The lowest BCUT2D eigenvalue weighted by molar-refractivity contribution is -0.143. The molecule has 0 spiro atoms. The number of benzene rings is 1. The number of aliphatic hydroxyl groups excluding tert-OH is 1. The Balaban J connectivity index is 1.76. The van der Waals surface area contributed by atoms with Crippen molar-refractivity contribution < 1.29 is 24.2 Å². The van der Waals surface area contributed by atoms with Crippen molar-refractivity contribution in [2.24, 2.45) is 5.41 Å². The molecule has 1 atom stereocenters. The van der Waals surface area contributed by atoms with Gasteiger partial charge in [-0.3, -0.25) is 9.59 Å². The molecule has 1 N–H and O–H groups in total. The van der Waals surface area contributed by atoms with E-state index in [0.717, 1.165) is 34.7 Å². The van der Waals surface area contributed by atoms with E-state index in [0.29, 0.717) is 65.1 Å². The lowest BCUT2D eigenvalue weighted by Crippen LogP contribution is -2.51. The summed E-state index contributed by atoms with van der Waals surface area (Å²) in [5.41, 5.74) is 1.43. The Morgan fingerprint density at radius 2 is 1.79 bits per heavy atom. The second kappa shape index (κ2) is 11.5. The summed E-state index contributed by atoms with van der Waals surface area (Å²) in [5.74, 6) is 0.845. The highest BCUT2D eigenvalue weighted by atomic mass is 35.5. The zero-order chi connectivity index (χ0) is 24.0. The maximum absolute atomic E-state index is 13.2. The van der Waals surface area contributed by atoms with Crippen molar-refractivity contribution in [1.82, 2.24) is 9.80 Å². The Bertz CT molecular complexity index is 817. The van der Waals surface area contributed by atoms with Crippen LogP contribution in [0.25, 0.3) is 0 Å². The van der Waals surface area contributed by atoms with Gasteiger partial charge in [-0.25, -0.2) is 0 Å². The van der Waals surface area contributed by atoms with Crippen LogP contribution in [0.3, 0.4) is 0 Å². The first-order valence-corrected chi connectivity index (χ1v) is 12.2. The van der Waals surface area contributed by atoms with E-state index in [1.807, 2.05) is 35.8 Å². The zero-order valence-electron chi connectivity index (χ0n) is 20.1. The number of halogens is 1. The van der Waals surface area contributed by atoms with Crippen molar-refractivity contribution in [2.45, 2.75) is 58.5 Å². The minimum atomic E-state index is -0.463. The van der Waals surface area contributed by atoms with Gasteiger partial charge in [-0.2, -0.15) is 0 Å². The Morgan fingerprint density at radius 3 is 2.42 bits per heavy atom. The van der Waals surface area contributed by atoms with Crippen LogP contribution in [-0.4, -0.2) is 79.3 Å². The topological polar surface area (TPSA) is 79.3 Å². The first-order valence-electron chi connectivity index (χ1n) is 11.8. The molecule has 184 valence electrons. The predicted octanol–water partition coefficient (Wildman–Crippen LogP) is 3.35. The van der Waals surface area contributed by atoms with Gasteiger partial charge in [-0.05, 0) is 62.8 Å². The van der Waals surface area contributed by atoms with Gasteiger partial charge in [0, 0.05) is 50.1 Å². The summed E-state index contributed by atoms with van der Waals surface area (Å²) in [5, 5.41) is 10.5. The Morgan fingerprint density at radius 1 is 1.12 bits per heavy atom. The molecular weight excluding hydrogens is 444 g/mol. The molecule has 1 aromatic carbocycles. The van der Waals surface area contributed by atoms with Crippen LogP contribution in [-0.2, 0) is 14.3 Å². The highest BCUT2D eigenvalue weighted by Gasteiger charge is 2.41. The average molecular weight is 481 g/mol. The molecule has 2 saturated heterocycles. The second-order valence-electron chi connectivity index (χ2n) is 9.61. The number of aryl methyl sites for hydroxylation is 2. The SMILES string of the molecule is COCCC(=O)N1CCC[C@](COc2cc(C)c(Cl)c(C)c2)(CC(=O)N2CCC(O)CC2)C1. The number of amides is 2. The molecule has 2 aliphatic heterocycles. The fourth-order valence-corrected chi connectivity index (χ4v) is 4.96. The van der Waals surface area contributed by atoms with Gasteiger partial charge in [0.2, 0.25) is 11.8 Å². The summed E-state index contributed by atoms with van der Waals surface area (Å²) in [6.45, 7) is 6.95. The van der Waals surface area contributed by atoms with Crippen LogP contribution in [0.2, 0.25) is 5.02 Å².